The average molecular weight is 311 g/mol. The summed E-state index contributed by atoms with van der Waals surface area (Å²) in [5.74, 6) is 1.08. The van der Waals surface area contributed by atoms with E-state index in [2.05, 4.69) is 42.2 Å². The number of nitrogens with zero attached hydrogens (tertiary/aromatic N) is 1. The highest BCUT2D eigenvalue weighted by Crippen LogP contribution is 2.28. The van der Waals surface area contributed by atoms with Crippen molar-refractivity contribution in [2.75, 3.05) is 31.2 Å². The number of anilines is 1. The third kappa shape index (κ3) is 3.91. The zero-order valence-electron chi connectivity index (χ0n) is 13.8. The molecule has 3 heteroatoms. The smallest absolute Gasteiger partial charge is 0.150 e. The minimum Gasteiger partial charge on any atom is -0.381 e. The summed E-state index contributed by atoms with van der Waals surface area (Å²) in [5.41, 5.74) is 3.35. The zero-order chi connectivity index (χ0) is 16.1. The van der Waals surface area contributed by atoms with Crippen LogP contribution in [0.5, 0.6) is 0 Å². The topological polar surface area (TPSA) is 29.5 Å². The molecular weight excluding hydrogens is 286 g/mol. The van der Waals surface area contributed by atoms with E-state index in [0.717, 1.165) is 51.0 Å². The number of rotatable bonds is 7. The average Bonchev–Trinajstić information content (AvgIpc) is 2.98. The highest BCUT2D eigenvalue weighted by molar-refractivity contribution is 5.77. The Morgan fingerprint density at radius 2 is 2.17 bits per heavy atom. The molecule has 0 aromatic heterocycles. The molecule has 2 aliphatic rings. The number of carbonyl (C=O) groups excluding carboxylic acids is 1. The Morgan fingerprint density at radius 1 is 1.30 bits per heavy atom. The summed E-state index contributed by atoms with van der Waals surface area (Å²) in [7, 11) is 0. The first-order chi connectivity index (χ1) is 11.3. The molecule has 0 radical (unpaired) electrons. The van der Waals surface area contributed by atoms with Gasteiger partial charge in [-0.1, -0.05) is 31.2 Å². The monoisotopic (exact) mass is 311 g/mol. The van der Waals surface area contributed by atoms with Gasteiger partial charge in [-0.05, 0) is 42.5 Å². The van der Waals surface area contributed by atoms with Crippen LogP contribution in [0, 0.1) is 11.8 Å². The molecule has 1 heterocycles. The number of hydrogen-bond acceptors (Lipinski definition) is 3. The fourth-order valence-electron chi connectivity index (χ4n) is 3.34. The van der Waals surface area contributed by atoms with E-state index in [-0.39, 0.29) is 0 Å². The van der Waals surface area contributed by atoms with Crippen molar-refractivity contribution in [3.05, 3.63) is 53.6 Å². The van der Waals surface area contributed by atoms with E-state index in [1.807, 2.05) is 12.1 Å². The molecule has 3 rings (SSSR count). The fraction of sp³-hybridized carbons (Fsp3) is 0.450. The Morgan fingerprint density at radius 3 is 3.00 bits per heavy atom. The lowest BCUT2D eigenvalue weighted by Gasteiger charge is -2.22. The summed E-state index contributed by atoms with van der Waals surface area (Å²) >= 11 is 0. The second-order valence-electron chi connectivity index (χ2n) is 6.46. The highest BCUT2D eigenvalue weighted by Gasteiger charge is 2.19. The van der Waals surface area contributed by atoms with Gasteiger partial charge in [-0.15, -0.1) is 0 Å². The quantitative estimate of drug-likeness (QED) is 0.569. The molecule has 2 unspecified atom stereocenters. The maximum absolute atomic E-state index is 10.8. The van der Waals surface area contributed by atoms with Crippen molar-refractivity contribution in [2.24, 2.45) is 11.8 Å². The van der Waals surface area contributed by atoms with Gasteiger partial charge in [0.15, 0.2) is 0 Å². The van der Waals surface area contributed by atoms with Crippen LogP contribution in [0.4, 0.5) is 5.69 Å². The van der Waals surface area contributed by atoms with Gasteiger partial charge in [-0.2, -0.15) is 0 Å². The highest BCUT2D eigenvalue weighted by atomic mass is 16.5. The number of ether oxygens (including phenoxy) is 1. The van der Waals surface area contributed by atoms with Gasteiger partial charge >= 0.3 is 0 Å². The third-order valence-corrected chi connectivity index (χ3v) is 4.82. The van der Waals surface area contributed by atoms with Crippen LogP contribution in [0.25, 0.3) is 0 Å². The molecule has 1 aromatic carbocycles. The summed E-state index contributed by atoms with van der Waals surface area (Å²) in [6.07, 6.45) is 11.7. The van der Waals surface area contributed by atoms with Crippen LogP contribution in [0.3, 0.4) is 0 Å². The molecule has 122 valence electrons. The van der Waals surface area contributed by atoms with E-state index >= 15 is 0 Å². The van der Waals surface area contributed by atoms with Crippen LogP contribution in [-0.4, -0.2) is 32.6 Å². The van der Waals surface area contributed by atoms with E-state index < -0.39 is 0 Å². The van der Waals surface area contributed by atoms with Crippen LogP contribution in [0.1, 0.15) is 29.3 Å². The molecule has 0 bridgehead atoms. The summed E-state index contributed by atoms with van der Waals surface area (Å²) < 4.78 is 5.87. The van der Waals surface area contributed by atoms with Crippen molar-refractivity contribution in [3.63, 3.8) is 0 Å². The van der Waals surface area contributed by atoms with Crippen LogP contribution in [0.2, 0.25) is 0 Å². The van der Waals surface area contributed by atoms with Gasteiger partial charge in [0.25, 0.3) is 0 Å². The van der Waals surface area contributed by atoms with Gasteiger partial charge in [-0.25, -0.2) is 0 Å². The Hall–Kier alpha value is -1.87. The van der Waals surface area contributed by atoms with Crippen LogP contribution < -0.4 is 4.90 Å². The van der Waals surface area contributed by atoms with Crippen molar-refractivity contribution < 1.29 is 9.53 Å². The van der Waals surface area contributed by atoms with E-state index in [4.69, 9.17) is 4.74 Å². The minimum absolute atomic E-state index is 0.509. The summed E-state index contributed by atoms with van der Waals surface area (Å²) in [6.45, 7) is 5.91. The van der Waals surface area contributed by atoms with E-state index in [1.54, 1.807) is 0 Å². The molecule has 1 aliphatic heterocycles. The summed E-state index contributed by atoms with van der Waals surface area (Å²) in [5, 5.41) is 0. The molecule has 0 saturated carbocycles. The van der Waals surface area contributed by atoms with Gasteiger partial charge < -0.3 is 9.64 Å². The Balaban J connectivity index is 1.40. The Kier molecular flexibility index (Phi) is 5.29. The molecule has 0 saturated heterocycles. The molecule has 0 spiro atoms. The lowest BCUT2D eigenvalue weighted by Crippen LogP contribution is -2.23. The predicted molar refractivity (Wildman–Crippen MR) is 94.1 cm³/mol. The number of hydrogen-bond donors (Lipinski definition) is 0. The SMILES string of the molecule is CC1C=CC=CC1COCCCN1CCc2cc(C=O)ccc21. The molecule has 2 atom stereocenters. The number of carbonyl (C=O) groups is 1. The van der Waals surface area contributed by atoms with Crippen LogP contribution in [0.15, 0.2) is 42.5 Å². The second-order valence-corrected chi connectivity index (χ2v) is 6.46. The standard InChI is InChI=1S/C20H25NO2/c1-16-5-2-3-6-19(16)15-23-12-4-10-21-11-9-18-13-17(14-22)7-8-20(18)21/h2-3,5-8,13-14,16,19H,4,9-12,15H2,1H3. The molecule has 0 amide bonds. The van der Waals surface area contributed by atoms with Gasteiger partial charge in [0, 0.05) is 36.9 Å². The van der Waals surface area contributed by atoms with E-state index in [0.29, 0.717) is 11.8 Å². The van der Waals surface area contributed by atoms with Crippen molar-refractivity contribution in [2.45, 2.75) is 19.8 Å². The second kappa shape index (κ2) is 7.60. The maximum atomic E-state index is 10.8. The van der Waals surface area contributed by atoms with Crippen molar-refractivity contribution >= 4 is 12.0 Å². The maximum Gasteiger partial charge on any atom is 0.150 e. The first-order valence-electron chi connectivity index (χ1n) is 8.53. The van der Waals surface area contributed by atoms with E-state index in [9.17, 15) is 4.79 Å². The lowest BCUT2D eigenvalue weighted by molar-refractivity contribution is 0.101. The normalized spacial score (nSPS) is 22.4. The number of aldehydes is 1. The summed E-state index contributed by atoms with van der Waals surface area (Å²) in [6, 6.07) is 6.00. The Labute approximate surface area is 138 Å². The van der Waals surface area contributed by atoms with Crippen LogP contribution in [-0.2, 0) is 11.2 Å². The van der Waals surface area contributed by atoms with Gasteiger partial charge in [-0.3, -0.25) is 4.79 Å². The first kappa shape index (κ1) is 16.0. The molecule has 1 aromatic rings. The van der Waals surface area contributed by atoms with Crippen molar-refractivity contribution in [1.29, 1.82) is 0 Å². The van der Waals surface area contributed by atoms with E-state index in [1.165, 1.54) is 11.3 Å². The third-order valence-electron chi connectivity index (χ3n) is 4.82. The van der Waals surface area contributed by atoms with Crippen molar-refractivity contribution in [1.82, 2.24) is 0 Å². The molecular formula is C20H25NO2. The molecule has 3 nitrogen and oxygen atoms in total. The zero-order valence-corrected chi connectivity index (χ0v) is 13.8. The molecule has 0 N–H and O–H groups in total. The molecule has 1 aliphatic carbocycles. The van der Waals surface area contributed by atoms with Crippen molar-refractivity contribution in [3.8, 4) is 0 Å². The minimum atomic E-state index is 0.509. The van der Waals surface area contributed by atoms with Crippen LogP contribution >= 0.6 is 0 Å². The van der Waals surface area contributed by atoms with Gasteiger partial charge in [0.1, 0.15) is 6.29 Å². The summed E-state index contributed by atoms with van der Waals surface area (Å²) in [4.78, 5) is 13.2. The molecule has 0 fully saturated rings. The fourth-order valence-corrected chi connectivity index (χ4v) is 3.34. The predicted octanol–water partition coefficient (Wildman–Crippen LogP) is 3.65. The molecule has 23 heavy (non-hydrogen) atoms. The van der Waals surface area contributed by atoms with Gasteiger partial charge in [0.2, 0.25) is 0 Å². The largest absolute Gasteiger partial charge is 0.381 e. The lowest BCUT2D eigenvalue weighted by atomic mass is 9.91. The first-order valence-corrected chi connectivity index (χ1v) is 8.53. The number of allylic oxidation sites excluding steroid dienone is 3. The number of fused-ring (bicyclic) bond motifs is 1. The van der Waals surface area contributed by atoms with Gasteiger partial charge in [0.05, 0.1) is 6.61 Å². The number of benzene rings is 1. The Bertz CT molecular complexity index is 606.